The molecule has 5 nitrogen and oxygen atoms in total. The fraction of sp³-hybridized carbons (Fsp3) is 1.00. The first-order valence-electron chi connectivity index (χ1n) is 6.66. The van der Waals surface area contributed by atoms with Crippen LogP contribution >= 0.6 is 0 Å². The predicted molar refractivity (Wildman–Crippen MR) is 75.0 cm³/mol. The second kappa shape index (κ2) is 19.8. The van der Waals surface area contributed by atoms with Gasteiger partial charge in [0.1, 0.15) is 0 Å². The molecule has 120 valence electrons. The van der Waals surface area contributed by atoms with Gasteiger partial charge in [0.05, 0.1) is 6.61 Å². The van der Waals surface area contributed by atoms with Crippen molar-refractivity contribution in [2.75, 3.05) is 6.61 Å². The van der Waals surface area contributed by atoms with Crippen LogP contribution in [0.4, 0.5) is 4.70 Å². The maximum Gasteiger partial charge on any atom is 1.00 e. The summed E-state index contributed by atoms with van der Waals surface area (Å²) in [5, 5.41) is 0. The Hall–Kier alpha value is 0.760. The van der Waals surface area contributed by atoms with Gasteiger partial charge in [0.2, 0.25) is 10.4 Å². The molecule has 0 bridgehead atoms. The topological polar surface area (TPSA) is 101 Å². The Morgan fingerprint density at radius 1 is 0.850 bits per heavy atom. The van der Waals surface area contributed by atoms with Gasteiger partial charge in [-0.1, -0.05) is 64.7 Å². The average Bonchev–Trinajstić information content (AvgIpc) is 2.24. The van der Waals surface area contributed by atoms with Crippen LogP contribution in [0.2, 0.25) is 0 Å². The van der Waals surface area contributed by atoms with Crippen molar-refractivity contribution in [3.05, 3.63) is 0 Å². The van der Waals surface area contributed by atoms with Crippen LogP contribution in [-0.2, 0) is 14.6 Å². The molecule has 0 saturated heterocycles. The summed E-state index contributed by atoms with van der Waals surface area (Å²) in [5.74, 6) is 0. The second-order valence-electron chi connectivity index (χ2n) is 4.41. The third-order valence-corrected chi connectivity index (χ3v) is 3.18. The van der Waals surface area contributed by atoms with Crippen molar-refractivity contribution in [2.24, 2.45) is 0 Å². The summed E-state index contributed by atoms with van der Waals surface area (Å²) in [4.78, 5) is 0. The standard InChI is InChI=1S/C12H26O4S.FH.H3N.Na/c1-2-3-4-5-6-7-8-9-10-11-12-16-17(13,14)15;;;/h2-12H2,1H3,(H,13,14,15);1H;1H3;/q;;;+1/p-1. The molecule has 0 aromatic heterocycles. The second-order valence-corrected chi connectivity index (χ2v) is 5.46. The van der Waals surface area contributed by atoms with Crippen LogP contribution in [0.5, 0.6) is 0 Å². The molecule has 0 rings (SSSR count). The summed E-state index contributed by atoms with van der Waals surface area (Å²) < 4.78 is 34.5. The zero-order valence-electron chi connectivity index (χ0n) is 12.9. The van der Waals surface area contributed by atoms with Crippen molar-refractivity contribution in [2.45, 2.75) is 71.1 Å². The Morgan fingerprint density at radius 3 is 1.55 bits per heavy atom. The fourth-order valence-electron chi connectivity index (χ4n) is 1.75. The van der Waals surface area contributed by atoms with Gasteiger partial charge in [0.25, 0.3) is 0 Å². The van der Waals surface area contributed by atoms with Crippen LogP contribution in [0.25, 0.3) is 0 Å². The van der Waals surface area contributed by atoms with E-state index >= 15 is 0 Å². The Labute approximate surface area is 145 Å². The summed E-state index contributed by atoms with van der Waals surface area (Å²) in [6.07, 6.45) is 11.7. The molecule has 0 amide bonds. The first kappa shape index (κ1) is 28.9. The molecule has 0 spiro atoms. The van der Waals surface area contributed by atoms with Crippen molar-refractivity contribution in [1.29, 1.82) is 0 Å². The van der Waals surface area contributed by atoms with Crippen molar-refractivity contribution in [1.82, 2.24) is 6.15 Å². The van der Waals surface area contributed by atoms with E-state index in [4.69, 9.17) is 0 Å². The summed E-state index contributed by atoms with van der Waals surface area (Å²) in [5.41, 5.74) is 0. The number of rotatable bonds is 12. The minimum atomic E-state index is -4.48. The van der Waals surface area contributed by atoms with Gasteiger partial charge in [0.15, 0.2) is 0 Å². The number of hydrogen-bond acceptors (Lipinski definition) is 5. The van der Waals surface area contributed by atoms with Crippen LogP contribution in [0.1, 0.15) is 71.1 Å². The zero-order valence-corrected chi connectivity index (χ0v) is 15.8. The molecule has 0 heterocycles. The summed E-state index contributed by atoms with van der Waals surface area (Å²) in [7, 11) is -4.48. The molecule has 0 aromatic carbocycles. The van der Waals surface area contributed by atoms with Crippen LogP contribution in [0, 0.1) is 0 Å². The molecule has 0 fully saturated rings. The van der Waals surface area contributed by atoms with Gasteiger partial charge in [-0.05, 0) is 6.42 Å². The molecule has 0 aliphatic heterocycles. The van der Waals surface area contributed by atoms with Crippen LogP contribution < -0.4 is 35.7 Å². The molecule has 0 aliphatic rings. The fourth-order valence-corrected chi connectivity index (χ4v) is 2.07. The first-order chi connectivity index (χ1) is 8.06. The maximum absolute atomic E-state index is 10.1. The number of unbranched alkanes of at least 4 members (excludes halogenated alkanes) is 9. The van der Waals surface area contributed by atoms with Crippen molar-refractivity contribution < 1.29 is 51.4 Å². The van der Waals surface area contributed by atoms with E-state index in [1.165, 1.54) is 44.9 Å². The summed E-state index contributed by atoms with van der Waals surface area (Å²) in [6.45, 7) is 2.24. The molecule has 0 unspecified atom stereocenters. The van der Waals surface area contributed by atoms with E-state index in [2.05, 4.69) is 11.1 Å². The average molecular weight is 325 g/mol. The van der Waals surface area contributed by atoms with Gasteiger partial charge in [-0.15, -0.1) is 0 Å². The quantitative estimate of drug-likeness (QED) is 0.246. The third-order valence-electron chi connectivity index (χ3n) is 2.73. The molecule has 0 saturated carbocycles. The number of halogens is 1. The van der Waals surface area contributed by atoms with E-state index in [0.717, 1.165) is 12.8 Å². The van der Waals surface area contributed by atoms with E-state index < -0.39 is 10.4 Å². The van der Waals surface area contributed by atoms with E-state index in [9.17, 15) is 13.0 Å². The first-order valence-corrected chi connectivity index (χ1v) is 8.00. The SMILES string of the molecule is CCCCCCCCCCCCOS(=O)(=O)[O-].F.N.[Na+]. The maximum atomic E-state index is 10.1. The van der Waals surface area contributed by atoms with E-state index in [-0.39, 0.29) is 47.0 Å². The van der Waals surface area contributed by atoms with Gasteiger partial charge >= 0.3 is 29.6 Å². The van der Waals surface area contributed by atoms with Crippen molar-refractivity contribution in [3.63, 3.8) is 0 Å². The Morgan fingerprint density at radius 2 is 1.20 bits per heavy atom. The van der Waals surface area contributed by atoms with E-state index in [1.54, 1.807) is 0 Å². The normalized spacial score (nSPS) is 10.1. The van der Waals surface area contributed by atoms with Gasteiger partial charge in [-0.2, -0.15) is 0 Å². The van der Waals surface area contributed by atoms with Crippen LogP contribution in [0.3, 0.4) is 0 Å². The molecule has 3 N–H and O–H groups in total. The monoisotopic (exact) mass is 325 g/mol. The Kier molecular flexibility index (Phi) is 28.5. The molecule has 0 aliphatic carbocycles. The minimum Gasteiger partial charge on any atom is -0.726 e. The molecule has 0 aromatic rings. The largest absolute Gasteiger partial charge is 1.00 e. The van der Waals surface area contributed by atoms with E-state index in [0.29, 0.717) is 6.42 Å². The number of hydrogen-bond donors (Lipinski definition) is 1. The third kappa shape index (κ3) is 27.2. The van der Waals surface area contributed by atoms with Gasteiger partial charge in [-0.25, -0.2) is 8.42 Å². The van der Waals surface area contributed by atoms with Gasteiger partial charge in [0, 0.05) is 0 Å². The Bertz CT molecular complexity index is 266. The molecular weight excluding hydrogens is 296 g/mol. The predicted octanol–water partition coefficient (Wildman–Crippen LogP) is 0.703. The van der Waals surface area contributed by atoms with Crippen molar-refractivity contribution in [3.8, 4) is 0 Å². The van der Waals surface area contributed by atoms with Crippen LogP contribution in [0.15, 0.2) is 0 Å². The molecule has 8 heteroatoms. The van der Waals surface area contributed by atoms with Crippen LogP contribution in [-0.4, -0.2) is 19.6 Å². The molecule has 0 radical (unpaired) electrons. The smallest absolute Gasteiger partial charge is 0.726 e. The molecule has 0 atom stereocenters. The summed E-state index contributed by atoms with van der Waals surface area (Å²) >= 11 is 0. The van der Waals surface area contributed by atoms with Crippen molar-refractivity contribution >= 4 is 10.4 Å². The van der Waals surface area contributed by atoms with E-state index in [1.807, 2.05) is 0 Å². The zero-order chi connectivity index (χ0) is 13.0. The molecule has 20 heavy (non-hydrogen) atoms. The summed E-state index contributed by atoms with van der Waals surface area (Å²) in [6, 6.07) is 0. The molecular formula is C12H29FNNaO4S. The van der Waals surface area contributed by atoms with Gasteiger partial charge < -0.3 is 10.7 Å². The van der Waals surface area contributed by atoms with Gasteiger partial charge in [-0.3, -0.25) is 8.89 Å². The Balaban J connectivity index is -0.000000427. The minimum absolute atomic E-state index is 0.